The molecule has 2 N–H and O–H groups in total. The first-order chi connectivity index (χ1) is 13.3. The van der Waals surface area contributed by atoms with Gasteiger partial charge in [-0.1, -0.05) is 91.1 Å². The summed E-state index contributed by atoms with van der Waals surface area (Å²) in [6.07, 6.45) is 7.68. The molecule has 164 valence electrons. The monoisotopic (exact) mass is 419 g/mol. The van der Waals surface area contributed by atoms with Gasteiger partial charge in [-0.2, -0.15) is 0 Å². The smallest absolute Gasteiger partial charge is 0.218 e. The molecule has 0 spiro atoms. The molecular formula is C26H42ClNO. The summed E-state index contributed by atoms with van der Waals surface area (Å²) < 4.78 is 0. The molecular weight excluding hydrogens is 378 g/mol. The Labute approximate surface area is 184 Å². The molecule has 0 aromatic heterocycles. The van der Waals surface area contributed by atoms with Gasteiger partial charge in [0.2, 0.25) is 5.91 Å². The molecule has 0 aliphatic carbocycles. The molecule has 1 aromatic carbocycles. The van der Waals surface area contributed by atoms with E-state index in [1.54, 1.807) is 0 Å². The van der Waals surface area contributed by atoms with Crippen molar-refractivity contribution >= 4 is 17.5 Å². The lowest BCUT2D eigenvalue weighted by molar-refractivity contribution is -0.119. The number of carbonyl (C=O) groups is 1. The Morgan fingerprint density at radius 1 is 1.17 bits per heavy atom. The van der Waals surface area contributed by atoms with Crippen molar-refractivity contribution < 1.29 is 4.79 Å². The summed E-state index contributed by atoms with van der Waals surface area (Å²) in [6, 6.07) is 6.32. The molecule has 0 fully saturated rings. The van der Waals surface area contributed by atoms with Gasteiger partial charge in [0, 0.05) is 16.9 Å². The van der Waals surface area contributed by atoms with Gasteiger partial charge >= 0.3 is 0 Å². The third kappa shape index (κ3) is 7.17. The SMILES string of the molecule is C=CC(C(C)(C)CCCC)C(C)(CC(N)=O)c1ccc(CCC(C)(C)C)c(Cl)c1. The number of nitrogens with two attached hydrogens (primary N) is 1. The van der Waals surface area contributed by atoms with Crippen molar-refractivity contribution in [2.45, 2.75) is 92.4 Å². The van der Waals surface area contributed by atoms with Gasteiger partial charge in [0.1, 0.15) is 0 Å². The fraction of sp³-hybridized carbons (Fsp3) is 0.654. The Bertz CT molecular complexity index is 701. The molecule has 0 saturated heterocycles. The number of hydrogen-bond acceptors (Lipinski definition) is 1. The zero-order chi connectivity index (χ0) is 22.5. The van der Waals surface area contributed by atoms with Crippen molar-refractivity contribution in [3.8, 4) is 0 Å². The maximum atomic E-state index is 12.1. The third-order valence-electron chi connectivity index (χ3n) is 6.34. The Kier molecular flexibility index (Phi) is 9.02. The van der Waals surface area contributed by atoms with Gasteiger partial charge in [-0.15, -0.1) is 6.58 Å². The summed E-state index contributed by atoms with van der Waals surface area (Å²) in [5, 5.41) is 0.775. The Balaban J connectivity index is 3.36. The number of benzene rings is 1. The highest BCUT2D eigenvalue weighted by Gasteiger charge is 2.43. The lowest BCUT2D eigenvalue weighted by Gasteiger charge is -2.45. The number of halogens is 1. The van der Waals surface area contributed by atoms with E-state index in [0.717, 1.165) is 48.3 Å². The predicted octanol–water partition coefficient (Wildman–Crippen LogP) is 7.47. The number of rotatable bonds is 11. The van der Waals surface area contributed by atoms with Gasteiger partial charge in [-0.25, -0.2) is 0 Å². The van der Waals surface area contributed by atoms with Crippen LogP contribution in [-0.4, -0.2) is 5.91 Å². The molecule has 1 aromatic rings. The minimum absolute atomic E-state index is 0.000652. The maximum Gasteiger partial charge on any atom is 0.218 e. The lowest BCUT2D eigenvalue weighted by atomic mass is 9.58. The van der Waals surface area contributed by atoms with Crippen molar-refractivity contribution in [2.75, 3.05) is 0 Å². The van der Waals surface area contributed by atoms with E-state index < -0.39 is 5.41 Å². The van der Waals surface area contributed by atoms with E-state index in [-0.39, 0.29) is 29.1 Å². The van der Waals surface area contributed by atoms with Crippen molar-refractivity contribution in [1.82, 2.24) is 0 Å². The van der Waals surface area contributed by atoms with Crippen LogP contribution < -0.4 is 5.73 Å². The zero-order valence-electron chi connectivity index (χ0n) is 19.7. The maximum absolute atomic E-state index is 12.1. The minimum Gasteiger partial charge on any atom is -0.370 e. The molecule has 1 amide bonds. The number of hydrogen-bond donors (Lipinski definition) is 1. The molecule has 2 atom stereocenters. The second kappa shape index (κ2) is 10.2. The van der Waals surface area contributed by atoms with Crippen LogP contribution in [0, 0.1) is 16.7 Å². The molecule has 0 radical (unpaired) electrons. The summed E-state index contributed by atoms with van der Waals surface area (Å²) in [5.74, 6) is -0.191. The first kappa shape index (κ1) is 25.8. The topological polar surface area (TPSA) is 43.1 Å². The van der Waals surface area contributed by atoms with Gasteiger partial charge < -0.3 is 5.73 Å². The van der Waals surface area contributed by atoms with Crippen molar-refractivity contribution in [3.05, 3.63) is 47.0 Å². The molecule has 0 heterocycles. The molecule has 0 bridgehead atoms. The van der Waals surface area contributed by atoms with Crippen LogP contribution in [0.3, 0.4) is 0 Å². The number of allylic oxidation sites excluding steroid dienone is 1. The van der Waals surface area contributed by atoms with Crippen LogP contribution >= 0.6 is 11.6 Å². The Morgan fingerprint density at radius 2 is 1.79 bits per heavy atom. The highest BCUT2D eigenvalue weighted by atomic mass is 35.5. The Hall–Kier alpha value is -1.28. The summed E-state index contributed by atoms with van der Waals surface area (Å²) >= 11 is 6.70. The highest BCUT2D eigenvalue weighted by molar-refractivity contribution is 6.31. The van der Waals surface area contributed by atoms with Gasteiger partial charge in [-0.3, -0.25) is 4.79 Å². The average Bonchev–Trinajstić information content (AvgIpc) is 2.57. The lowest BCUT2D eigenvalue weighted by Crippen LogP contribution is -2.43. The van der Waals surface area contributed by atoms with Gasteiger partial charge in [-0.05, 0) is 53.2 Å². The number of primary amides is 1. The zero-order valence-corrected chi connectivity index (χ0v) is 20.5. The molecule has 0 aliphatic heterocycles. The molecule has 1 rings (SSSR count). The van der Waals surface area contributed by atoms with E-state index in [4.69, 9.17) is 17.3 Å². The van der Waals surface area contributed by atoms with E-state index in [9.17, 15) is 4.79 Å². The van der Waals surface area contributed by atoms with E-state index in [0.29, 0.717) is 0 Å². The molecule has 3 heteroatoms. The average molecular weight is 420 g/mol. The molecule has 0 saturated carbocycles. The summed E-state index contributed by atoms with van der Waals surface area (Å²) in [6.45, 7) is 19.8. The van der Waals surface area contributed by atoms with Crippen LogP contribution in [0.5, 0.6) is 0 Å². The fourth-order valence-corrected chi connectivity index (χ4v) is 4.87. The summed E-state index contributed by atoms with van der Waals surface area (Å²) in [5.41, 5.74) is 7.75. The molecule has 2 unspecified atom stereocenters. The second-order valence-corrected chi connectivity index (χ2v) is 11.1. The van der Waals surface area contributed by atoms with Crippen LogP contribution in [-0.2, 0) is 16.6 Å². The van der Waals surface area contributed by atoms with Crippen molar-refractivity contribution in [2.24, 2.45) is 22.5 Å². The van der Waals surface area contributed by atoms with Crippen LogP contribution in [0.4, 0.5) is 0 Å². The largest absolute Gasteiger partial charge is 0.370 e. The van der Waals surface area contributed by atoms with Crippen LogP contribution in [0.25, 0.3) is 0 Å². The highest BCUT2D eigenvalue weighted by Crippen LogP contribution is 2.48. The first-order valence-electron chi connectivity index (χ1n) is 11.0. The Morgan fingerprint density at radius 3 is 2.24 bits per heavy atom. The third-order valence-corrected chi connectivity index (χ3v) is 6.69. The molecule has 0 aliphatic rings. The minimum atomic E-state index is -0.447. The normalized spacial score (nSPS) is 15.6. The quantitative estimate of drug-likeness (QED) is 0.371. The van der Waals surface area contributed by atoms with E-state index in [1.165, 1.54) is 0 Å². The number of amides is 1. The van der Waals surface area contributed by atoms with Gasteiger partial charge in [0.05, 0.1) is 0 Å². The second-order valence-electron chi connectivity index (χ2n) is 10.7. The van der Waals surface area contributed by atoms with Gasteiger partial charge in [0.15, 0.2) is 0 Å². The van der Waals surface area contributed by atoms with E-state index in [1.807, 2.05) is 6.08 Å². The number of carbonyl (C=O) groups excluding carboxylic acids is 1. The first-order valence-corrected chi connectivity index (χ1v) is 11.3. The van der Waals surface area contributed by atoms with E-state index >= 15 is 0 Å². The number of unbranched alkanes of at least 4 members (excludes halogenated alkanes) is 1. The summed E-state index contributed by atoms with van der Waals surface area (Å²) in [7, 11) is 0. The summed E-state index contributed by atoms with van der Waals surface area (Å²) in [4.78, 5) is 12.1. The predicted molar refractivity (Wildman–Crippen MR) is 127 cm³/mol. The van der Waals surface area contributed by atoms with Crippen LogP contribution in [0.2, 0.25) is 5.02 Å². The fourth-order valence-electron chi connectivity index (χ4n) is 4.60. The standard InChI is InChI=1S/C26H42ClNO/c1-9-11-15-25(6,7)22(10-2)26(8,18-23(28)29)20-13-12-19(21(27)17-20)14-16-24(3,4)5/h10,12-13,17,22H,2,9,11,14-16,18H2,1,3-8H3,(H2,28,29). The van der Waals surface area contributed by atoms with Crippen molar-refractivity contribution in [3.63, 3.8) is 0 Å². The van der Waals surface area contributed by atoms with Gasteiger partial charge in [0.25, 0.3) is 0 Å². The van der Waals surface area contributed by atoms with Crippen LogP contribution in [0.1, 0.15) is 91.7 Å². The van der Waals surface area contributed by atoms with Crippen LogP contribution in [0.15, 0.2) is 30.9 Å². The molecule has 2 nitrogen and oxygen atoms in total. The molecule has 29 heavy (non-hydrogen) atoms. The van der Waals surface area contributed by atoms with E-state index in [2.05, 4.69) is 73.2 Å². The van der Waals surface area contributed by atoms with Crippen molar-refractivity contribution in [1.29, 1.82) is 0 Å². The number of aryl methyl sites for hydroxylation is 1.